The molecule has 5 heteroatoms. The number of hydrogen-bond acceptors (Lipinski definition) is 3. The van der Waals surface area contributed by atoms with Gasteiger partial charge < -0.3 is 15.4 Å². The molecule has 0 aliphatic heterocycles. The maximum Gasteiger partial charge on any atom is 0.233 e. The number of rotatable bonds is 8. The Morgan fingerprint density at radius 1 is 1.07 bits per heavy atom. The molecule has 29 heavy (non-hydrogen) atoms. The molecular weight excluding hydrogens is 380 g/mol. The molecule has 0 saturated heterocycles. The molecule has 1 atom stereocenters. The Morgan fingerprint density at radius 2 is 1.69 bits per heavy atom. The predicted octanol–water partition coefficient (Wildman–Crippen LogP) is 5.46. The normalized spacial score (nSPS) is 11.6. The van der Waals surface area contributed by atoms with E-state index in [1.807, 2.05) is 50.2 Å². The number of nitrogens with one attached hydrogen (secondary N) is 2. The highest BCUT2D eigenvalue weighted by Crippen LogP contribution is 2.19. The first-order valence-electron chi connectivity index (χ1n) is 9.82. The van der Waals surface area contributed by atoms with Crippen molar-refractivity contribution < 1.29 is 9.53 Å². The number of anilines is 1. The van der Waals surface area contributed by atoms with Crippen LogP contribution >= 0.6 is 12.2 Å². The fourth-order valence-corrected chi connectivity index (χ4v) is 3.01. The molecule has 0 radical (unpaired) electrons. The molecule has 0 saturated carbocycles. The molecule has 0 bridgehead atoms. The monoisotopic (exact) mass is 410 g/mol. The fraction of sp³-hybridized carbons (Fsp3) is 0.333. The average Bonchev–Trinajstić information content (AvgIpc) is 2.67. The van der Waals surface area contributed by atoms with Crippen LogP contribution in [-0.4, -0.2) is 17.6 Å². The standard InChI is InChI=1S/C24H30N2O2S/c1-16(2)14-19-6-8-20(9-7-19)18(5)23(27)26-24(29)25-21-10-12-22(13-11-21)28-15-17(3)4/h6-13,16,18H,3,14-15H2,1-2,4-5H3,(H2,25,26,27,29). The van der Waals surface area contributed by atoms with Crippen molar-refractivity contribution in [2.45, 2.75) is 40.0 Å². The van der Waals surface area contributed by atoms with Crippen molar-refractivity contribution in [3.63, 3.8) is 0 Å². The predicted molar refractivity (Wildman–Crippen MR) is 125 cm³/mol. The summed E-state index contributed by atoms with van der Waals surface area (Å²) in [4.78, 5) is 12.5. The van der Waals surface area contributed by atoms with E-state index in [0.29, 0.717) is 12.5 Å². The maximum absolute atomic E-state index is 12.5. The minimum atomic E-state index is -0.291. The number of amides is 1. The number of benzene rings is 2. The van der Waals surface area contributed by atoms with Gasteiger partial charge in [0.05, 0.1) is 5.92 Å². The zero-order valence-electron chi connectivity index (χ0n) is 17.6. The first-order valence-corrected chi connectivity index (χ1v) is 10.2. The molecule has 154 valence electrons. The van der Waals surface area contributed by atoms with Gasteiger partial charge in [-0.25, -0.2) is 0 Å². The maximum atomic E-state index is 12.5. The third kappa shape index (κ3) is 7.70. The van der Waals surface area contributed by atoms with Gasteiger partial charge in [0, 0.05) is 5.69 Å². The Bertz CT molecular complexity index is 842. The van der Waals surface area contributed by atoms with E-state index < -0.39 is 0 Å². The fourth-order valence-electron chi connectivity index (χ4n) is 2.79. The largest absolute Gasteiger partial charge is 0.489 e. The molecule has 0 spiro atoms. The Balaban J connectivity index is 1.87. The summed E-state index contributed by atoms with van der Waals surface area (Å²) < 4.78 is 5.57. The van der Waals surface area contributed by atoms with Crippen LogP contribution in [0.3, 0.4) is 0 Å². The SMILES string of the molecule is C=C(C)COc1ccc(NC(=S)NC(=O)C(C)c2ccc(CC(C)C)cc2)cc1. The molecule has 1 amide bonds. The summed E-state index contributed by atoms with van der Waals surface area (Å²) in [5.74, 6) is 0.932. The second-order valence-corrected chi connectivity index (χ2v) is 8.18. The third-order valence-electron chi connectivity index (χ3n) is 4.35. The number of carbonyl (C=O) groups is 1. The van der Waals surface area contributed by atoms with Crippen LogP contribution < -0.4 is 15.4 Å². The minimum absolute atomic E-state index is 0.138. The van der Waals surface area contributed by atoms with E-state index in [2.05, 4.69) is 43.2 Å². The van der Waals surface area contributed by atoms with Crippen molar-refractivity contribution in [2.24, 2.45) is 5.92 Å². The van der Waals surface area contributed by atoms with Gasteiger partial charge in [-0.2, -0.15) is 0 Å². The molecule has 1 unspecified atom stereocenters. The van der Waals surface area contributed by atoms with Crippen molar-refractivity contribution in [3.05, 3.63) is 71.8 Å². The summed E-state index contributed by atoms with van der Waals surface area (Å²) in [6, 6.07) is 15.6. The van der Waals surface area contributed by atoms with Crippen LogP contribution in [0.1, 0.15) is 44.7 Å². The molecular formula is C24H30N2O2S. The molecule has 0 aliphatic carbocycles. The lowest BCUT2D eigenvalue weighted by molar-refractivity contribution is -0.120. The van der Waals surface area contributed by atoms with Gasteiger partial charge in [-0.15, -0.1) is 0 Å². The van der Waals surface area contributed by atoms with Gasteiger partial charge in [0.1, 0.15) is 12.4 Å². The van der Waals surface area contributed by atoms with Crippen LogP contribution in [0.25, 0.3) is 0 Å². The van der Waals surface area contributed by atoms with E-state index >= 15 is 0 Å². The van der Waals surface area contributed by atoms with Gasteiger partial charge in [0.2, 0.25) is 5.91 Å². The molecule has 2 aromatic rings. The first-order chi connectivity index (χ1) is 13.7. The van der Waals surface area contributed by atoms with Gasteiger partial charge in [0.25, 0.3) is 0 Å². The lowest BCUT2D eigenvalue weighted by atomic mass is 9.96. The number of ether oxygens (including phenoxy) is 1. The van der Waals surface area contributed by atoms with Crippen LogP contribution in [0.15, 0.2) is 60.7 Å². The highest BCUT2D eigenvalue weighted by Gasteiger charge is 2.16. The van der Waals surface area contributed by atoms with E-state index in [1.54, 1.807) is 0 Å². The Morgan fingerprint density at radius 3 is 2.24 bits per heavy atom. The van der Waals surface area contributed by atoms with E-state index in [0.717, 1.165) is 29.0 Å². The van der Waals surface area contributed by atoms with E-state index in [-0.39, 0.29) is 16.9 Å². The lowest BCUT2D eigenvalue weighted by Crippen LogP contribution is -2.36. The smallest absolute Gasteiger partial charge is 0.233 e. The summed E-state index contributed by atoms with van der Waals surface area (Å²) >= 11 is 5.28. The summed E-state index contributed by atoms with van der Waals surface area (Å²) in [7, 11) is 0. The van der Waals surface area contributed by atoms with Crippen LogP contribution in [0.2, 0.25) is 0 Å². The lowest BCUT2D eigenvalue weighted by Gasteiger charge is -2.15. The van der Waals surface area contributed by atoms with Gasteiger partial charge in [-0.1, -0.05) is 44.7 Å². The Kier molecular flexibility index (Phi) is 8.40. The van der Waals surface area contributed by atoms with Gasteiger partial charge in [-0.3, -0.25) is 4.79 Å². The van der Waals surface area contributed by atoms with Crippen LogP contribution in [-0.2, 0) is 11.2 Å². The average molecular weight is 411 g/mol. The summed E-state index contributed by atoms with van der Waals surface area (Å²) in [5.41, 5.74) is 3.99. The number of carbonyl (C=O) groups excluding carboxylic acids is 1. The van der Waals surface area contributed by atoms with Gasteiger partial charge >= 0.3 is 0 Å². The number of hydrogen-bond donors (Lipinski definition) is 2. The topological polar surface area (TPSA) is 50.4 Å². The summed E-state index contributed by atoms with van der Waals surface area (Å²) in [6.45, 7) is 12.5. The quantitative estimate of drug-likeness (QED) is 0.448. The molecule has 2 N–H and O–H groups in total. The van der Waals surface area contributed by atoms with E-state index in [1.165, 1.54) is 5.56 Å². The Labute approximate surface area is 179 Å². The third-order valence-corrected chi connectivity index (χ3v) is 4.56. The molecule has 0 aromatic heterocycles. The van der Waals surface area contributed by atoms with Crippen LogP contribution in [0.5, 0.6) is 5.75 Å². The van der Waals surface area contributed by atoms with Crippen molar-refractivity contribution in [1.29, 1.82) is 0 Å². The summed E-state index contributed by atoms with van der Waals surface area (Å²) in [6.07, 6.45) is 1.03. The van der Waals surface area contributed by atoms with Crippen molar-refractivity contribution in [1.82, 2.24) is 5.32 Å². The first kappa shape index (κ1) is 22.6. The second-order valence-electron chi connectivity index (χ2n) is 7.77. The van der Waals surface area contributed by atoms with E-state index in [4.69, 9.17) is 17.0 Å². The summed E-state index contributed by atoms with van der Waals surface area (Å²) in [5, 5.41) is 6.07. The van der Waals surface area contributed by atoms with Crippen LogP contribution in [0.4, 0.5) is 5.69 Å². The van der Waals surface area contributed by atoms with E-state index in [9.17, 15) is 4.79 Å². The second kappa shape index (κ2) is 10.8. The van der Waals surface area contributed by atoms with Crippen molar-refractivity contribution in [3.8, 4) is 5.75 Å². The minimum Gasteiger partial charge on any atom is -0.489 e. The van der Waals surface area contributed by atoms with Gasteiger partial charge in [0.15, 0.2) is 5.11 Å². The van der Waals surface area contributed by atoms with Crippen LogP contribution in [0, 0.1) is 5.92 Å². The van der Waals surface area contributed by atoms with Crippen molar-refractivity contribution >= 4 is 28.9 Å². The molecule has 0 fully saturated rings. The Hall–Kier alpha value is -2.66. The highest BCUT2D eigenvalue weighted by atomic mass is 32.1. The zero-order chi connectivity index (χ0) is 21.4. The molecule has 0 aliphatic rings. The highest BCUT2D eigenvalue weighted by molar-refractivity contribution is 7.80. The molecule has 4 nitrogen and oxygen atoms in total. The zero-order valence-corrected chi connectivity index (χ0v) is 18.4. The molecule has 2 rings (SSSR count). The molecule has 0 heterocycles. The number of thiocarbonyl (C=S) groups is 1. The molecule has 2 aromatic carbocycles. The van der Waals surface area contributed by atoms with Crippen molar-refractivity contribution in [2.75, 3.05) is 11.9 Å². The van der Waals surface area contributed by atoms with Gasteiger partial charge in [-0.05, 0) is 79.4 Å².